The molecule has 1 amide bonds. The third-order valence-electron chi connectivity index (χ3n) is 3.73. The van der Waals surface area contributed by atoms with Crippen LogP contribution in [0, 0.1) is 11.8 Å². The van der Waals surface area contributed by atoms with E-state index in [0.717, 1.165) is 29.7 Å². The molecule has 0 aliphatic heterocycles. The minimum absolute atomic E-state index is 0.0852. The van der Waals surface area contributed by atoms with E-state index in [-0.39, 0.29) is 19.0 Å². The lowest BCUT2D eigenvalue weighted by Crippen LogP contribution is -2.38. The zero-order valence-electron chi connectivity index (χ0n) is 11.4. The Morgan fingerprint density at radius 1 is 1.33 bits per heavy atom. The van der Waals surface area contributed by atoms with Crippen molar-refractivity contribution in [2.45, 2.75) is 25.8 Å². The lowest BCUT2D eigenvalue weighted by molar-refractivity contribution is -0.143. The molecule has 1 aliphatic rings. The van der Waals surface area contributed by atoms with Crippen molar-refractivity contribution >= 4 is 11.9 Å². The molecule has 1 aliphatic carbocycles. The van der Waals surface area contributed by atoms with E-state index in [9.17, 15) is 19.2 Å². The summed E-state index contributed by atoms with van der Waals surface area (Å²) in [4.78, 5) is 45.3. The zero-order valence-corrected chi connectivity index (χ0v) is 11.4. The highest BCUT2D eigenvalue weighted by Gasteiger charge is 2.32. The zero-order chi connectivity index (χ0) is 15.4. The van der Waals surface area contributed by atoms with Crippen LogP contribution in [0.3, 0.4) is 0 Å². The Morgan fingerprint density at radius 2 is 2.10 bits per heavy atom. The first kappa shape index (κ1) is 15.0. The van der Waals surface area contributed by atoms with Crippen molar-refractivity contribution in [2.75, 3.05) is 6.54 Å². The second kappa shape index (κ2) is 6.38. The van der Waals surface area contributed by atoms with Crippen molar-refractivity contribution in [3.05, 3.63) is 32.8 Å². The summed E-state index contributed by atoms with van der Waals surface area (Å²) in [6.45, 7) is -0.0268. The third kappa shape index (κ3) is 3.80. The van der Waals surface area contributed by atoms with Crippen LogP contribution in [0.15, 0.2) is 21.7 Å². The van der Waals surface area contributed by atoms with E-state index < -0.39 is 28.9 Å². The molecule has 1 heterocycles. The summed E-state index contributed by atoms with van der Waals surface area (Å²) >= 11 is 0. The second-order valence-electron chi connectivity index (χ2n) is 5.17. The van der Waals surface area contributed by atoms with Gasteiger partial charge in [0.15, 0.2) is 0 Å². The van der Waals surface area contributed by atoms with Gasteiger partial charge in [-0.1, -0.05) is 6.42 Å². The average Bonchev–Trinajstić information content (AvgIpc) is 2.89. The molecule has 0 bridgehead atoms. The molecule has 0 radical (unpaired) electrons. The molecule has 2 rings (SSSR count). The van der Waals surface area contributed by atoms with Crippen molar-refractivity contribution in [3.63, 3.8) is 0 Å². The van der Waals surface area contributed by atoms with E-state index in [2.05, 4.69) is 10.4 Å². The van der Waals surface area contributed by atoms with Gasteiger partial charge in [0.2, 0.25) is 5.91 Å². The summed E-state index contributed by atoms with van der Waals surface area (Å²) in [7, 11) is 0. The van der Waals surface area contributed by atoms with Crippen molar-refractivity contribution in [2.24, 2.45) is 11.8 Å². The number of nitrogens with one attached hydrogen (secondary N) is 2. The Labute approximate surface area is 119 Å². The molecule has 8 heteroatoms. The molecule has 1 fully saturated rings. The average molecular weight is 295 g/mol. The molecule has 21 heavy (non-hydrogen) atoms. The normalized spacial score (nSPS) is 21.1. The lowest BCUT2D eigenvalue weighted by Gasteiger charge is -2.16. The van der Waals surface area contributed by atoms with Crippen LogP contribution in [-0.2, 0) is 16.1 Å². The van der Waals surface area contributed by atoms with E-state index in [1.165, 1.54) is 0 Å². The van der Waals surface area contributed by atoms with Crippen LogP contribution in [-0.4, -0.2) is 33.3 Å². The van der Waals surface area contributed by atoms with Gasteiger partial charge in [0.05, 0.1) is 5.92 Å². The molecule has 1 aromatic rings. The molecule has 0 saturated heterocycles. The van der Waals surface area contributed by atoms with Crippen molar-refractivity contribution in [1.29, 1.82) is 0 Å². The number of hydrogen-bond donors (Lipinski definition) is 3. The Morgan fingerprint density at radius 3 is 2.81 bits per heavy atom. The van der Waals surface area contributed by atoms with E-state index >= 15 is 0 Å². The molecule has 3 N–H and O–H groups in total. The molecule has 8 nitrogen and oxygen atoms in total. The Kier molecular flexibility index (Phi) is 4.56. The van der Waals surface area contributed by atoms with Crippen LogP contribution < -0.4 is 16.4 Å². The number of hydrogen-bond acceptors (Lipinski definition) is 4. The molecule has 1 saturated carbocycles. The van der Waals surface area contributed by atoms with Gasteiger partial charge in [0.25, 0.3) is 11.1 Å². The van der Waals surface area contributed by atoms with Gasteiger partial charge in [-0.05, 0) is 18.8 Å². The van der Waals surface area contributed by atoms with Gasteiger partial charge in [-0.3, -0.25) is 24.3 Å². The maximum atomic E-state index is 11.8. The highest BCUT2D eigenvalue weighted by Crippen LogP contribution is 2.31. The second-order valence-corrected chi connectivity index (χ2v) is 5.17. The van der Waals surface area contributed by atoms with E-state index in [4.69, 9.17) is 5.11 Å². The molecule has 114 valence electrons. The van der Waals surface area contributed by atoms with Crippen molar-refractivity contribution in [1.82, 2.24) is 15.1 Å². The SMILES string of the molecule is O=C(Cn1[nH]c(=O)ccc1=O)NCC1CCCC1C(=O)O. The fourth-order valence-electron chi connectivity index (χ4n) is 2.63. The summed E-state index contributed by atoms with van der Waals surface area (Å²) in [5, 5.41) is 13.9. The first-order valence-corrected chi connectivity index (χ1v) is 6.77. The molecule has 0 spiro atoms. The minimum Gasteiger partial charge on any atom is -0.481 e. The van der Waals surface area contributed by atoms with Crippen LogP contribution in [0.5, 0.6) is 0 Å². The molecule has 0 aromatic carbocycles. The molecule has 2 unspecified atom stereocenters. The van der Waals surface area contributed by atoms with Gasteiger partial charge in [0, 0.05) is 18.7 Å². The van der Waals surface area contributed by atoms with Crippen LogP contribution >= 0.6 is 0 Å². The molecular formula is C13H17N3O5. The van der Waals surface area contributed by atoms with Crippen molar-refractivity contribution < 1.29 is 14.7 Å². The monoisotopic (exact) mass is 295 g/mol. The third-order valence-corrected chi connectivity index (χ3v) is 3.73. The number of amides is 1. The van der Waals surface area contributed by atoms with Crippen LogP contribution in [0.4, 0.5) is 0 Å². The maximum Gasteiger partial charge on any atom is 0.306 e. The minimum atomic E-state index is -0.838. The van der Waals surface area contributed by atoms with Gasteiger partial charge in [-0.2, -0.15) is 0 Å². The number of aromatic nitrogens is 2. The lowest BCUT2D eigenvalue weighted by atomic mass is 9.96. The number of carboxylic acids is 1. The first-order chi connectivity index (χ1) is 9.97. The Balaban J connectivity index is 1.90. The van der Waals surface area contributed by atoms with Crippen molar-refractivity contribution in [3.8, 4) is 0 Å². The fraction of sp³-hybridized carbons (Fsp3) is 0.538. The smallest absolute Gasteiger partial charge is 0.306 e. The number of aromatic amines is 1. The highest BCUT2D eigenvalue weighted by atomic mass is 16.4. The quantitative estimate of drug-likeness (QED) is 0.653. The fourth-order valence-corrected chi connectivity index (χ4v) is 2.63. The van der Waals surface area contributed by atoms with Gasteiger partial charge in [-0.25, -0.2) is 4.68 Å². The maximum absolute atomic E-state index is 11.8. The summed E-state index contributed by atoms with van der Waals surface area (Å²) in [5.74, 6) is -1.78. The largest absolute Gasteiger partial charge is 0.481 e. The summed E-state index contributed by atoms with van der Waals surface area (Å²) < 4.78 is 0.918. The topological polar surface area (TPSA) is 121 Å². The Hall–Kier alpha value is -2.38. The number of carboxylic acid groups (broad SMARTS) is 1. The van der Waals surface area contributed by atoms with E-state index in [1.807, 2.05) is 0 Å². The predicted octanol–water partition coefficient (Wildman–Crippen LogP) is -0.846. The summed E-state index contributed by atoms with van der Waals surface area (Å²) in [6.07, 6.45) is 2.23. The number of aliphatic carboxylic acids is 1. The van der Waals surface area contributed by atoms with Gasteiger partial charge < -0.3 is 10.4 Å². The Bertz CT molecular complexity index is 648. The summed E-state index contributed by atoms with van der Waals surface area (Å²) in [5.41, 5.74) is -0.946. The predicted molar refractivity (Wildman–Crippen MR) is 72.8 cm³/mol. The highest BCUT2D eigenvalue weighted by molar-refractivity contribution is 5.76. The van der Waals surface area contributed by atoms with Gasteiger partial charge in [-0.15, -0.1) is 0 Å². The summed E-state index contributed by atoms with van der Waals surface area (Å²) in [6, 6.07) is 2.18. The number of carbonyl (C=O) groups is 2. The van der Waals surface area contributed by atoms with Gasteiger partial charge >= 0.3 is 5.97 Å². The number of nitrogens with zero attached hydrogens (tertiary/aromatic N) is 1. The standard InChI is InChI=1S/C13H17N3O5/c17-10-4-5-12(19)16(15-10)7-11(18)14-6-8-2-1-3-9(8)13(20)21/h4-5,8-9H,1-3,6-7H2,(H,14,18)(H,15,17)(H,20,21). The van der Waals surface area contributed by atoms with Gasteiger partial charge in [0.1, 0.15) is 6.54 Å². The van der Waals surface area contributed by atoms with E-state index in [0.29, 0.717) is 6.42 Å². The number of rotatable bonds is 5. The molecule has 2 atom stereocenters. The number of H-pyrrole nitrogens is 1. The van der Waals surface area contributed by atoms with Crippen LogP contribution in [0.1, 0.15) is 19.3 Å². The van der Waals surface area contributed by atoms with Crippen LogP contribution in [0.25, 0.3) is 0 Å². The van der Waals surface area contributed by atoms with E-state index in [1.54, 1.807) is 0 Å². The van der Waals surface area contributed by atoms with Crippen LogP contribution in [0.2, 0.25) is 0 Å². The number of carbonyl (C=O) groups excluding carboxylic acids is 1. The molecular weight excluding hydrogens is 278 g/mol. The first-order valence-electron chi connectivity index (χ1n) is 6.77. The molecule has 1 aromatic heterocycles.